The number of aromatic nitrogens is 1. The summed E-state index contributed by atoms with van der Waals surface area (Å²) in [5.41, 5.74) is 5.27. The van der Waals surface area contributed by atoms with Crippen molar-refractivity contribution in [2.24, 2.45) is 0 Å². The van der Waals surface area contributed by atoms with Crippen molar-refractivity contribution < 1.29 is 0 Å². The summed E-state index contributed by atoms with van der Waals surface area (Å²) >= 11 is 0. The van der Waals surface area contributed by atoms with Gasteiger partial charge in [-0.2, -0.15) is 0 Å². The molecule has 0 aliphatic heterocycles. The van der Waals surface area contributed by atoms with Crippen LogP contribution in [0.25, 0.3) is 11.3 Å². The Morgan fingerprint density at radius 1 is 1.11 bits per heavy atom. The first-order valence-electron chi connectivity index (χ1n) is 6.57. The van der Waals surface area contributed by atoms with Crippen LogP contribution in [0.1, 0.15) is 38.3 Å². The van der Waals surface area contributed by atoms with Crippen LogP contribution >= 0.6 is 0 Å². The lowest BCUT2D eigenvalue weighted by Crippen LogP contribution is -2.16. The fourth-order valence-electron chi connectivity index (χ4n) is 2.31. The minimum Gasteiger partial charge on any atom is -0.256 e. The average molecular weight is 239 g/mol. The van der Waals surface area contributed by atoms with Crippen LogP contribution < -0.4 is 0 Å². The Morgan fingerprint density at radius 3 is 2.44 bits per heavy atom. The van der Waals surface area contributed by atoms with Gasteiger partial charge in [0.2, 0.25) is 0 Å². The first-order chi connectivity index (χ1) is 8.54. The molecular weight excluding hydrogens is 218 g/mol. The van der Waals surface area contributed by atoms with Crippen LogP contribution in [0.5, 0.6) is 0 Å². The number of benzene rings is 1. The van der Waals surface area contributed by atoms with Crippen LogP contribution in [0, 0.1) is 6.92 Å². The van der Waals surface area contributed by atoms with Gasteiger partial charge in [-0.05, 0) is 48.1 Å². The van der Waals surface area contributed by atoms with E-state index >= 15 is 0 Å². The maximum atomic E-state index is 4.40. The zero-order valence-electron chi connectivity index (χ0n) is 11.7. The fraction of sp³-hybridized carbons (Fsp3) is 0.353. The van der Waals surface area contributed by atoms with Crippen LogP contribution in [0.15, 0.2) is 42.6 Å². The van der Waals surface area contributed by atoms with Gasteiger partial charge in [0.05, 0.1) is 5.69 Å². The van der Waals surface area contributed by atoms with E-state index in [2.05, 4.69) is 56.9 Å². The number of rotatable bonds is 3. The highest BCUT2D eigenvalue weighted by Gasteiger charge is 2.20. The summed E-state index contributed by atoms with van der Waals surface area (Å²) in [5.74, 6) is 0. The summed E-state index contributed by atoms with van der Waals surface area (Å²) in [7, 11) is 0. The molecule has 1 heterocycles. The van der Waals surface area contributed by atoms with Crippen molar-refractivity contribution in [1.29, 1.82) is 0 Å². The number of aryl methyl sites for hydroxylation is 1. The van der Waals surface area contributed by atoms with Crippen LogP contribution in [0.3, 0.4) is 0 Å². The van der Waals surface area contributed by atoms with Crippen LogP contribution in [0.4, 0.5) is 0 Å². The van der Waals surface area contributed by atoms with Crippen LogP contribution in [-0.4, -0.2) is 4.98 Å². The molecule has 0 saturated heterocycles. The van der Waals surface area contributed by atoms with Crippen molar-refractivity contribution in [3.63, 3.8) is 0 Å². The van der Waals surface area contributed by atoms with E-state index in [1.165, 1.54) is 16.7 Å². The van der Waals surface area contributed by atoms with Crippen LogP contribution in [0.2, 0.25) is 0 Å². The quantitative estimate of drug-likeness (QED) is 0.753. The number of hydrogen-bond acceptors (Lipinski definition) is 1. The van der Waals surface area contributed by atoms with E-state index in [0.29, 0.717) is 0 Å². The summed E-state index contributed by atoms with van der Waals surface area (Å²) in [4.78, 5) is 4.40. The minimum atomic E-state index is 0.243. The highest BCUT2D eigenvalue weighted by molar-refractivity contribution is 5.61. The zero-order chi connectivity index (χ0) is 13.2. The highest BCUT2D eigenvalue weighted by Crippen LogP contribution is 2.31. The van der Waals surface area contributed by atoms with Gasteiger partial charge >= 0.3 is 0 Å². The molecule has 0 saturated carbocycles. The molecule has 0 fully saturated rings. The van der Waals surface area contributed by atoms with E-state index in [-0.39, 0.29) is 5.41 Å². The molecule has 1 aromatic carbocycles. The first-order valence-corrected chi connectivity index (χ1v) is 6.57. The molecule has 0 aliphatic carbocycles. The van der Waals surface area contributed by atoms with Crippen molar-refractivity contribution in [2.75, 3.05) is 0 Å². The number of pyridine rings is 1. The number of nitrogens with zero attached hydrogens (tertiary/aromatic N) is 1. The third-order valence-electron chi connectivity index (χ3n) is 3.80. The third-order valence-corrected chi connectivity index (χ3v) is 3.80. The zero-order valence-corrected chi connectivity index (χ0v) is 11.7. The largest absolute Gasteiger partial charge is 0.256 e. The molecule has 0 bridgehead atoms. The lowest BCUT2D eigenvalue weighted by Gasteiger charge is -2.25. The first kappa shape index (κ1) is 12.8. The van der Waals surface area contributed by atoms with Gasteiger partial charge < -0.3 is 0 Å². The standard InChI is InChI=1S/C17H21N/c1-5-17(3,4)15-10-9-14(12-13(15)2)16-8-6-7-11-18-16/h6-12H,5H2,1-4H3. The molecule has 0 atom stereocenters. The molecule has 1 nitrogen and oxygen atoms in total. The second-order valence-corrected chi connectivity index (χ2v) is 5.48. The van der Waals surface area contributed by atoms with Crippen molar-refractivity contribution in [1.82, 2.24) is 4.98 Å². The van der Waals surface area contributed by atoms with Crippen molar-refractivity contribution in [2.45, 2.75) is 39.5 Å². The van der Waals surface area contributed by atoms with Gasteiger partial charge in [0, 0.05) is 11.8 Å². The second kappa shape index (κ2) is 4.93. The van der Waals surface area contributed by atoms with Crippen molar-refractivity contribution in [3.05, 3.63) is 53.7 Å². The SMILES string of the molecule is CCC(C)(C)c1ccc(-c2ccccn2)cc1C. The van der Waals surface area contributed by atoms with Crippen molar-refractivity contribution >= 4 is 0 Å². The molecule has 1 heteroatoms. The summed E-state index contributed by atoms with van der Waals surface area (Å²) in [6.45, 7) is 9.04. The molecule has 18 heavy (non-hydrogen) atoms. The maximum absolute atomic E-state index is 4.40. The summed E-state index contributed by atoms with van der Waals surface area (Å²) in [5, 5.41) is 0. The lowest BCUT2D eigenvalue weighted by atomic mass is 9.79. The van der Waals surface area contributed by atoms with E-state index in [1.807, 2.05) is 18.3 Å². The summed E-state index contributed by atoms with van der Waals surface area (Å²) < 4.78 is 0. The minimum absolute atomic E-state index is 0.243. The Kier molecular flexibility index (Phi) is 3.51. The maximum Gasteiger partial charge on any atom is 0.0702 e. The van der Waals surface area contributed by atoms with Gasteiger partial charge in [-0.15, -0.1) is 0 Å². The Labute approximate surface area is 110 Å². The molecule has 1 aromatic heterocycles. The molecular formula is C17H21N. The Balaban J connectivity index is 2.43. The van der Waals surface area contributed by atoms with Gasteiger partial charge in [0.15, 0.2) is 0 Å². The van der Waals surface area contributed by atoms with Gasteiger partial charge in [0.25, 0.3) is 0 Å². The Hall–Kier alpha value is -1.63. The van der Waals surface area contributed by atoms with Gasteiger partial charge in [-0.3, -0.25) is 4.98 Å². The number of hydrogen-bond donors (Lipinski definition) is 0. The molecule has 0 amide bonds. The molecule has 94 valence electrons. The molecule has 0 N–H and O–H groups in total. The highest BCUT2D eigenvalue weighted by atomic mass is 14.7. The Bertz CT molecular complexity index is 527. The molecule has 0 unspecified atom stereocenters. The Morgan fingerprint density at radius 2 is 1.89 bits per heavy atom. The topological polar surface area (TPSA) is 12.9 Å². The van der Waals surface area contributed by atoms with E-state index in [1.54, 1.807) is 0 Å². The van der Waals surface area contributed by atoms with E-state index in [4.69, 9.17) is 0 Å². The normalized spacial score (nSPS) is 11.6. The molecule has 0 aliphatic rings. The third kappa shape index (κ3) is 2.45. The summed E-state index contributed by atoms with van der Waals surface area (Å²) in [6.07, 6.45) is 2.99. The second-order valence-electron chi connectivity index (χ2n) is 5.48. The van der Waals surface area contributed by atoms with Crippen molar-refractivity contribution in [3.8, 4) is 11.3 Å². The molecule has 2 rings (SSSR count). The monoisotopic (exact) mass is 239 g/mol. The fourth-order valence-corrected chi connectivity index (χ4v) is 2.31. The van der Waals surface area contributed by atoms with Crippen LogP contribution in [-0.2, 0) is 5.41 Å². The average Bonchev–Trinajstić information content (AvgIpc) is 2.39. The lowest BCUT2D eigenvalue weighted by molar-refractivity contribution is 0.503. The molecule has 2 aromatic rings. The molecule has 0 radical (unpaired) electrons. The van der Waals surface area contributed by atoms with Gasteiger partial charge in [-0.1, -0.05) is 39.0 Å². The van der Waals surface area contributed by atoms with E-state index < -0.39 is 0 Å². The van der Waals surface area contributed by atoms with E-state index in [0.717, 1.165) is 12.1 Å². The predicted molar refractivity (Wildman–Crippen MR) is 77.7 cm³/mol. The molecule has 0 spiro atoms. The smallest absolute Gasteiger partial charge is 0.0702 e. The van der Waals surface area contributed by atoms with Gasteiger partial charge in [-0.25, -0.2) is 0 Å². The summed E-state index contributed by atoms with van der Waals surface area (Å²) in [6, 6.07) is 12.7. The van der Waals surface area contributed by atoms with E-state index in [9.17, 15) is 0 Å². The predicted octanol–water partition coefficient (Wildman–Crippen LogP) is 4.74. The van der Waals surface area contributed by atoms with Gasteiger partial charge in [0.1, 0.15) is 0 Å².